The van der Waals surface area contributed by atoms with Crippen LogP contribution >= 0.6 is 0 Å². The Morgan fingerprint density at radius 3 is 0.857 bits per heavy atom. The van der Waals surface area contributed by atoms with Crippen LogP contribution in [0.25, 0.3) is 0 Å². The normalized spacial score (nSPS) is 1.14. The van der Waals surface area contributed by atoms with E-state index in [1.807, 2.05) is 0 Å². The van der Waals surface area contributed by atoms with Gasteiger partial charge in [-0.05, 0) is 0 Å². The minimum atomic E-state index is 0. The Balaban J connectivity index is -0.00000000267. The van der Waals surface area contributed by atoms with Crippen LogP contribution in [-0.4, -0.2) is 0 Å². The van der Waals surface area contributed by atoms with Crippen molar-refractivity contribution in [2.24, 2.45) is 0 Å². The van der Waals surface area contributed by atoms with Crippen molar-refractivity contribution in [3.63, 3.8) is 0 Å². The van der Waals surface area contributed by atoms with E-state index in [-0.39, 0.29) is 22.3 Å². The molecule has 0 aliphatic carbocycles. The van der Waals surface area contributed by atoms with Gasteiger partial charge in [0.2, 0.25) is 0 Å². The summed E-state index contributed by atoms with van der Waals surface area (Å²) in [4.78, 5) is 14.0. The van der Waals surface area contributed by atoms with Crippen LogP contribution in [0.3, 0.4) is 0 Å². The molecule has 0 saturated carbocycles. The molecular formula is C3H11O3W-. The topological polar surface area (TPSA) is 51.2 Å². The molecule has 0 unspecified atom stereocenters. The predicted molar refractivity (Wildman–Crippen MR) is 27.3 cm³/mol. The Labute approximate surface area is 55.9 Å². The molecule has 0 heterocycles. The fourth-order valence-corrected chi connectivity index (χ4v) is 0. The summed E-state index contributed by atoms with van der Waals surface area (Å²) in [7, 11) is 0. The summed E-state index contributed by atoms with van der Waals surface area (Å²) in [6.07, 6.45) is 0. The molecule has 0 N–H and O–H groups in total. The molecule has 48 valence electrons. The van der Waals surface area contributed by atoms with Gasteiger partial charge in [-0.3, -0.25) is 0 Å². The Hall–Kier alpha value is 0.0883. The van der Waals surface area contributed by atoms with E-state index in [2.05, 4.69) is 0 Å². The van der Waals surface area contributed by atoms with Gasteiger partial charge in [-0.2, -0.15) is 0 Å². The van der Waals surface area contributed by atoms with E-state index >= 15 is 0 Å². The summed E-state index contributed by atoms with van der Waals surface area (Å²) in [5.41, 5.74) is 0. The zero-order chi connectivity index (χ0) is 4.00. The average Bonchev–Trinajstić information content (AvgIpc) is 1.50. The molecule has 3 nitrogen and oxygen atoms in total. The summed E-state index contributed by atoms with van der Waals surface area (Å²) < 4.78 is 8.33. The fourth-order valence-electron chi connectivity index (χ4n) is 0. The van der Waals surface area contributed by atoms with Gasteiger partial charge in [0.05, 0.1) is 0 Å². The maximum absolute atomic E-state index is 8.33. The third-order valence-electron chi connectivity index (χ3n) is 0. The van der Waals surface area contributed by atoms with Crippen molar-refractivity contribution in [3.05, 3.63) is 17.4 Å². The summed E-state index contributed by atoms with van der Waals surface area (Å²) in [6, 6.07) is 0. The fraction of sp³-hybridized carbons (Fsp3) is 0.667. The van der Waals surface area contributed by atoms with Gasteiger partial charge in [0.1, 0.15) is 0 Å². The molecule has 0 aliphatic heterocycles. The van der Waals surface area contributed by atoms with Gasteiger partial charge in [-0.15, -0.1) is 0 Å². The molecule has 0 aromatic heterocycles. The summed E-state index contributed by atoms with van der Waals surface area (Å²) in [6.45, 7) is 0. The molecule has 0 spiro atoms. The van der Waals surface area contributed by atoms with E-state index in [1.165, 1.54) is 0 Å². The van der Waals surface area contributed by atoms with Gasteiger partial charge in [-0.25, -0.2) is 0 Å². The molecule has 0 saturated heterocycles. The van der Waals surface area contributed by atoms with Crippen molar-refractivity contribution < 1.29 is 23.2 Å². The van der Waals surface area contributed by atoms with Crippen LogP contribution in [0.1, 0.15) is 14.9 Å². The van der Waals surface area contributed by atoms with Crippen LogP contribution in [0, 0.1) is 17.4 Å². The van der Waals surface area contributed by atoms with Gasteiger partial charge < -0.3 is 7.43 Å². The molecule has 0 bridgehead atoms. The predicted octanol–water partition coefficient (Wildman–Crippen LogP) is 1.67. The zero-order valence-electron chi connectivity index (χ0n) is 2.63. The van der Waals surface area contributed by atoms with Crippen molar-refractivity contribution in [3.8, 4) is 0 Å². The zero-order valence-corrected chi connectivity index (χ0v) is 5.57. The first-order valence-electron chi connectivity index (χ1n) is 0.333. The molecule has 0 atom stereocenters. The second-order valence-electron chi connectivity index (χ2n) is 0. The van der Waals surface area contributed by atoms with Crippen molar-refractivity contribution in [2.45, 2.75) is 14.9 Å². The third kappa shape index (κ3) is 13000. The van der Waals surface area contributed by atoms with Crippen LogP contribution in [0.2, 0.25) is 0 Å². The molecule has 0 aromatic carbocycles. The molecular weight excluding hydrogens is 268 g/mol. The number of hydrogen-bond donors (Lipinski definition) is 0. The Morgan fingerprint density at radius 1 is 0.857 bits per heavy atom. The van der Waals surface area contributed by atoms with Crippen LogP contribution in [-0.2, 0) is 23.2 Å². The quantitative estimate of drug-likeness (QED) is 0.634. The van der Waals surface area contributed by atoms with E-state index in [4.69, 9.17) is 13.3 Å². The standard InChI is InChI=1S/2CH4.CH3.O2.O.W/c;;;1-2;;/h2*1H4;1H3;;;/q;;-1;;;. The minimum absolute atomic E-state index is 0. The average molecular weight is 279 g/mol. The summed E-state index contributed by atoms with van der Waals surface area (Å²) >= 11 is 0.333. The summed E-state index contributed by atoms with van der Waals surface area (Å²) in [5, 5.41) is 0. The van der Waals surface area contributed by atoms with Crippen LogP contribution in [0.4, 0.5) is 0 Å². The van der Waals surface area contributed by atoms with Crippen LogP contribution < -0.4 is 0 Å². The first-order valence-corrected chi connectivity index (χ1v) is 1.53. The van der Waals surface area contributed by atoms with Crippen molar-refractivity contribution in [2.75, 3.05) is 0 Å². The van der Waals surface area contributed by atoms with Crippen molar-refractivity contribution >= 4 is 0 Å². The van der Waals surface area contributed by atoms with E-state index in [0.29, 0.717) is 19.8 Å². The molecule has 4 heteroatoms. The van der Waals surface area contributed by atoms with Crippen molar-refractivity contribution in [1.29, 1.82) is 0 Å². The third-order valence-corrected chi connectivity index (χ3v) is 0. The Bertz CT molecular complexity index is 12.1. The molecule has 0 rings (SSSR count). The van der Waals surface area contributed by atoms with Gasteiger partial charge in [-0.1, -0.05) is 14.9 Å². The first kappa shape index (κ1) is 60.2. The first-order chi connectivity index (χ1) is 2.00. The van der Waals surface area contributed by atoms with Crippen LogP contribution in [0.15, 0.2) is 0 Å². The molecule has 0 radical (unpaired) electrons. The molecule has 0 fully saturated rings. The molecule has 0 amide bonds. The summed E-state index contributed by atoms with van der Waals surface area (Å²) in [5.74, 6) is 0. The second-order valence-corrected chi connectivity index (χ2v) is 0. The SMILES string of the molecule is C.C.O=O.[CH3-].[O]=[W]. The number of hydrogen-bond acceptors (Lipinski definition) is 3. The monoisotopic (exact) mass is 279 g/mol. The molecule has 7 heavy (non-hydrogen) atoms. The van der Waals surface area contributed by atoms with Gasteiger partial charge in [0.25, 0.3) is 0 Å². The number of rotatable bonds is 0. The van der Waals surface area contributed by atoms with Crippen molar-refractivity contribution in [1.82, 2.24) is 0 Å². The van der Waals surface area contributed by atoms with E-state index < -0.39 is 0 Å². The van der Waals surface area contributed by atoms with Gasteiger partial charge in [0.15, 0.2) is 0 Å². The van der Waals surface area contributed by atoms with Crippen LogP contribution in [0.5, 0.6) is 0 Å². The Kier molecular flexibility index (Phi) is 174000. The van der Waals surface area contributed by atoms with Gasteiger partial charge in [0, 0.05) is 9.93 Å². The second kappa shape index (κ2) is 20200. The maximum atomic E-state index is 8.33. The van der Waals surface area contributed by atoms with E-state index in [0.717, 1.165) is 0 Å². The van der Waals surface area contributed by atoms with E-state index in [9.17, 15) is 0 Å². The Morgan fingerprint density at radius 2 is 0.857 bits per heavy atom. The van der Waals surface area contributed by atoms with Gasteiger partial charge >= 0.3 is 23.2 Å². The molecule has 0 aromatic rings. The van der Waals surface area contributed by atoms with E-state index in [1.54, 1.807) is 0 Å². The molecule has 0 aliphatic rings.